The highest BCUT2D eigenvalue weighted by Gasteiger charge is 2.02. The lowest BCUT2D eigenvalue weighted by Crippen LogP contribution is -2.24. The highest BCUT2D eigenvalue weighted by atomic mass is 35.5. The summed E-state index contributed by atoms with van der Waals surface area (Å²) in [6, 6.07) is 17.6. The van der Waals surface area contributed by atoms with E-state index in [1.54, 1.807) is 0 Å². The molecule has 2 rings (SSSR count). The summed E-state index contributed by atoms with van der Waals surface area (Å²) in [5.41, 5.74) is 7.85. The molecule has 0 heterocycles. The normalized spacial score (nSPS) is 12.4. The van der Waals surface area contributed by atoms with Gasteiger partial charge in [-0.2, -0.15) is 0 Å². The molecule has 0 aliphatic heterocycles. The van der Waals surface area contributed by atoms with Crippen molar-refractivity contribution in [3.05, 3.63) is 66.5 Å². The van der Waals surface area contributed by atoms with Crippen LogP contribution in [0.15, 0.2) is 66.5 Å². The summed E-state index contributed by atoms with van der Waals surface area (Å²) in [7, 11) is 0. The van der Waals surface area contributed by atoms with Crippen LogP contribution in [0.4, 0.5) is 4.39 Å². The van der Waals surface area contributed by atoms with Crippen molar-refractivity contribution in [1.29, 1.82) is 0 Å². The maximum Gasteiger partial charge on any atom is 0.169 e. The second kappa shape index (κ2) is 7.68. The van der Waals surface area contributed by atoms with Crippen LogP contribution >= 0.6 is 12.4 Å². The van der Waals surface area contributed by atoms with Crippen LogP contribution in [0.3, 0.4) is 0 Å². The molecular formula is C16H17ClFNO. The van der Waals surface area contributed by atoms with E-state index < -0.39 is 6.23 Å². The van der Waals surface area contributed by atoms with E-state index in [0.717, 1.165) is 11.1 Å². The lowest BCUT2D eigenvalue weighted by atomic mass is 10.1. The molecule has 4 heteroatoms. The fourth-order valence-corrected chi connectivity index (χ4v) is 1.77. The SMILES string of the molecule is CC(F)=CC(N)Oc1ccc(-c2ccccc2)cc1.Cl. The van der Waals surface area contributed by atoms with Gasteiger partial charge in [-0.05, 0) is 30.2 Å². The number of hydrogen-bond donors (Lipinski definition) is 1. The smallest absolute Gasteiger partial charge is 0.169 e. The van der Waals surface area contributed by atoms with E-state index in [-0.39, 0.29) is 18.2 Å². The van der Waals surface area contributed by atoms with Crippen molar-refractivity contribution in [1.82, 2.24) is 0 Å². The maximum atomic E-state index is 12.6. The molecule has 0 aliphatic rings. The van der Waals surface area contributed by atoms with E-state index in [1.165, 1.54) is 13.0 Å². The highest BCUT2D eigenvalue weighted by Crippen LogP contribution is 2.22. The largest absolute Gasteiger partial charge is 0.472 e. The van der Waals surface area contributed by atoms with Gasteiger partial charge in [-0.3, -0.25) is 5.73 Å². The Hall–Kier alpha value is -1.84. The summed E-state index contributed by atoms with van der Waals surface area (Å²) in [4.78, 5) is 0. The van der Waals surface area contributed by atoms with Crippen molar-refractivity contribution >= 4 is 12.4 Å². The number of allylic oxidation sites excluding steroid dienone is 1. The number of ether oxygens (including phenoxy) is 1. The average molecular weight is 294 g/mol. The fraction of sp³-hybridized carbons (Fsp3) is 0.125. The van der Waals surface area contributed by atoms with E-state index in [2.05, 4.69) is 0 Å². The molecule has 0 fully saturated rings. The molecule has 0 saturated heterocycles. The monoisotopic (exact) mass is 293 g/mol. The van der Waals surface area contributed by atoms with Crippen LogP contribution in [-0.4, -0.2) is 6.23 Å². The van der Waals surface area contributed by atoms with Crippen LogP contribution in [0, 0.1) is 0 Å². The molecule has 106 valence electrons. The minimum Gasteiger partial charge on any atom is -0.472 e. The van der Waals surface area contributed by atoms with Crippen molar-refractivity contribution in [3.8, 4) is 16.9 Å². The van der Waals surface area contributed by atoms with Gasteiger partial charge in [0.05, 0.1) is 5.83 Å². The minimum absolute atomic E-state index is 0. The maximum absolute atomic E-state index is 12.6. The van der Waals surface area contributed by atoms with E-state index in [0.29, 0.717) is 5.75 Å². The molecule has 1 unspecified atom stereocenters. The molecule has 0 radical (unpaired) electrons. The molecule has 2 aromatic rings. The van der Waals surface area contributed by atoms with Gasteiger partial charge in [0.15, 0.2) is 6.23 Å². The third-order valence-electron chi connectivity index (χ3n) is 2.63. The number of benzene rings is 2. The Balaban J connectivity index is 0.00000200. The number of hydrogen-bond acceptors (Lipinski definition) is 2. The predicted molar refractivity (Wildman–Crippen MR) is 82.6 cm³/mol. The van der Waals surface area contributed by atoms with Gasteiger partial charge in [0.2, 0.25) is 0 Å². The zero-order valence-corrected chi connectivity index (χ0v) is 11.9. The van der Waals surface area contributed by atoms with E-state index in [4.69, 9.17) is 10.5 Å². The summed E-state index contributed by atoms with van der Waals surface area (Å²) in [6.45, 7) is 1.34. The summed E-state index contributed by atoms with van der Waals surface area (Å²) in [5.74, 6) is 0.262. The Morgan fingerprint density at radius 2 is 1.60 bits per heavy atom. The second-order valence-electron chi connectivity index (χ2n) is 4.23. The lowest BCUT2D eigenvalue weighted by molar-refractivity contribution is 0.254. The summed E-state index contributed by atoms with van der Waals surface area (Å²) in [6.07, 6.45) is 0.457. The predicted octanol–water partition coefficient (Wildman–Crippen LogP) is 4.31. The van der Waals surface area contributed by atoms with Crippen LogP contribution in [0.25, 0.3) is 11.1 Å². The van der Waals surface area contributed by atoms with Gasteiger partial charge >= 0.3 is 0 Å². The van der Waals surface area contributed by atoms with E-state index in [1.807, 2.05) is 54.6 Å². The molecule has 0 spiro atoms. The van der Waals surface area contributed by atoms with Crippen LogP contribution in [0.5, 0.6) is 5.75 Å². The summed E-state index contributed by atoms with van der Waals surface area (Å²) >= 11 is 0. The van der Waals surface area contributed by atoms with Gasteiger partial charge in [0, 0.05) is 6.08 Å². The van der Waals surface area contributed by atoms with Crippen molar-refractivity contribution in [3.63, 3.8) is 0 Å². The van der Waals surface area contributed by atoms with Crippen molar-refractivity contribution in [2.24, 2.45) is 5.73 Å². The minimum atomic E-state index is -0.771. The molecule has 0 amide bonds. The fourth-order valence-electron chi connectivity index (χ4n) is 1.77. The van der Waals surface area contributed by atoms with Gasteiger partial charge in [0.25, 0.3) is 0 Å². The number of halogens is 2. The molecule has 1 atom stereocenters. The van der Waals surface area contributed by atoms with Crippen molar-refractivity contribution < 1.29 is 9.13 Å². The Bertz CT molecular complexity index is 550. The quantitative estimate of drug-likeness (QED) is 0.853. The van der Waals surface area contributed by atoms with Crippen molar-refractivity contribution in [2.45, 2.75) is 13.2 Å². The van der Waals surface area contributed by atoms with Crippen LogP contribution in [-0.2, 0) is 0 Å². The standard InChI is InChI=1S/C16H16FNO.ClH/c1-12(17)11-16(18)19-15-9-7-14(8-10-15)13-5-3-2-4-6-13;/h2-11,16H,18H2,1H3;1H. The van der Waals surface area contributed by atoms with E-state index in [9.17, 15) is 4.39 Å². The summed E-state index contributed by atoms with van der Waals surface area (Å²) < 4.78 is 18.0. The molecule has 0 aliphatic carbocycles. The molecular weight excluding hydrogens is 277 g/mol. The molecule has 2 nitrogen and oxygen atoms in total. The van der Waals surface area contributed by atoms with Crippen molar-refractivity contribution in [2.75, 3.05) is 0 Å². The van der Waals surface area contributed by atoms with Gasteiger partial charge in [0.1, 0.15) is 5.75 Å². The van der Waals surface area contributed by atoms with Gasteiger partial charge in [-0.15, -0.1) is 12.4 Å². The highest BCUT2D eigenvalue weighted by molar-refractivity contribution is 5.85. The Labute approximate surface area is 124 Å². The zero-order chi connectivity index (χ0) is 13.7. The molecule has 2 aromatic carbocycles. The Kier molecular flexibility index (Phi) is 6.22. The molecule has 0 saturated carbocycles. The molecule has 20 heavy (non-hydrogen) atoms. The first kappa shape index (κ1) is 16.2. The first-order valence-corrected chi connectivity index (χ1v) is 6.07. The average Bonchev–Trinajstić information content (AvgIpc) is 2.39. The topological polar surface area (TPSA) is 35.2 Å². The number of rotatable bonds is 4. The molecule has 2 N–H and O–H groups in total. The molecule has 0 bridgehead atoms. The number of nitrogens with two attached hydrogens (primary N) is 1. The lowest BCUT2D eigenvalue weighted by Gasteiger charge is -2.11. The second-order valence-corrected chi connectivity index (χ2v) is 4.23. The zero-order valence-electron chi connectivity index (χ0n) is 11.1. The van der Waals surface area contributed by atoms with E-state index >= 15 is 0 Å². The Morgan fingerprint density at radius 3 is 2.15 bits per heavy atom. The summed E-state index contributed by atoms with van der Waals surface area (Å²) in [5, 5.41) is 0. The van der Waals surface area contributed by atoms with Gasteiger partial charge in [-0.25, -0.2) is 4.39 Å². The third-order valence-corrected chi connectivity index (χ3v) is 2.63. The molecule has 0 aromatic heterocycles. The van der Waals surface area contributed by atoms with Gasteiger partial charge < -0.3 is 4.74 Å². The Morgan fingerprint density at radius 1 is 1.05 bits per heavy atom. The third kappa shape index (κ3) is 4.68. The first-order chi connectivity index (χ1) is 9.15. The van der Waals surface area contributed by atoms with Crippen LogP contribution in [0.1, 0.15) is 6.92 Å². The van der Waals surface area contributed by atoms with Crippen LogP contribution in [0.2, 0.25) is 0 Å². The van der Waals surface area contributed by atoms with Gasteiger partial charge in [-0.1, -0.05) is 42.5 Å². The first-order valence-electron chi connectivity index (χ1n) is 6.07. The van der Waals surface area contributed by atoms with Crippen LogP contribution < -0.4 is 10.5 Å².